The number of pyridine rings is 1. The quantitative estimate of drug-likeness (QED) is 0.934. The van der Waals surface area contributed by atoms with Crippen LogP contribution in [0.25, 0.3) is 11.5 Å². The molecule has 0 bridgehead atoms. The maximum absolute atomic E-state index is 12.2. The number of aromatic nitrogens is 3. The molecule has 1 aliphatic carbocycles. The van der Waals surface area contributed by atoms with Crippen molar-refractivity contribution in [2.45, 2.75) is 31.7 Å². The monoisotopic (exact) mass is 309 g/mol. The van der Waals surface area contributed by atoms with Crippen molar-refractivity contribution in [1.82, 2.24) is 19.9 Å². The largest absolute Gasteiger partial charge is 0.358 e. The molecule has 0 aromatic carbocycles. The third-order valence-corrected chi connectivity index (χ3v) is 4.57. The maximum Gasteiger partial charge on any atom is 0.244 e. The summed E-state index contributed by atoms with van der Waals surface area (Å²) >= 11 is 0. The predicted octanol–water partition coefficient (Wildman–Crippen LogP) is 1.67. The van der Waals surface area contributed by atoms with Crippen LogP contribution < -0.4 is 5.32 Å². The fraction of sp³-hybridized carbons (Fsp3) is 0.412. The van der Waals surface area contributed by atoms with Gasteiger partial charge >= 0.3 is 0 Å². The number of amides is 1. The van der Waals surface area contributed by atoms with E-state index in [9.17, 15) is 4.79 Å². The number of aryl methyl sites for hydroxylation is 1. The Balaban J connectivity index is 1.71. The molecule has 4 rings (SSSR count). The molecule has 0 saturated carbocycles. The molecule has 3 heterocycles. The normalized spacial score (nSPS) is 20.0. The van der Waals surface area contributed by atoms with Crippen molar-refractivity contribution in [3.63, 3.8) is 0 Å². The van der Waals surface area contributed by atoms with Crippen LogP contribution in [-0.4, -0.2) is 45.4 Å². The van der Waals surface area contributed by atoms with Crippen LogP contribution in [0.5, 0.6) is 0 Å². The number of hydrogen-bond donors (Lipinski definition) is 1. The molecule has 1 unspecified atom stereocenters. The van der Waals surface area contributed by atoms with Gasteiger partial charge in [-0.1, -0.05) is 6.07 Å². The van der Waals surface area contributed by atoms with Crippen LogP contribution in [0.1, 0.15) is 24.1 Å². The fourth-order valence-corrected chi connectivity index (χ4v) is 3.28. The number of fused-ring (bicyclic) bond motifs is 1. The van der Waals surface area contributed by atoms with Crippen LogP contribution >= 0.6 is 0 Å². The summed E-state index contributed by atoms with van der Waals surface area (Å²) in [6.45, 7) is 0.789. The summed E-state index contributed by atoms with van der Waals surface area (Å²) in [6.07, 6.45) is 5.58. The van der Waals surface area contributed by atoms with Crippen molar-refractivity contribution in [2.24, 2.45) is 0 Å². The number of hydrogen-bond acceptors (Lipinski definition) is 5. The SMILES string of the molecule is CN1CCC(Nc2nc(-c3ccccn3)nc3c2CCC3)C1=O. The van der Waals surface area contributed by atoms with E-state index in [1.54, 1.807) is 11.1 Å². The molecule has 2 aromatic heterocycles. The molecule has 1 amide bonds. The summed E-state index contributed by atoms with van der Waals surface area (Å²) < 4.78 is 0. The zero-order chi connectivity index (χ0) is 15.8. The van der Waals surface area contributed by atoms with E-state index in [-0.39, 0.29) is 11.9 Å². The molecule has 1 atom stereocenters. The molecule has 0 spiro atoms. The molecule has 2 aromatic rings. The van der Waals surface area contributed by atoms with E-state index in [1.165, 1.54) is 0 Å². The highest BCUT2D eigenvalue weighted by molar-refractivity contribution is 5.86. The number of anilines is 1. The van der Waals surface area contributed by atoms with Crippen LogP contribution in [0.3, 0.4) is 0 Å². The number of likely N-dealkylation sites (N-methyl/N-ethyl adjacent to an activating group) is 1. The summed E-state index contributed by atoms with van der Waals surface area (Å²) in [6, 6.07) is 5.54. The van der Waals surface area contributed by atoms with Crippen molar-refractivity contribution in [3.05, 3.63) is 35.7 Å². The molecule has 6 heteroatoms. The Labute approximate surface area is 135 Å². The Kier molecular flexibility index (Phi) is 3.44. The van der Waals surface area contributed by atoms with E-state index in [1.807, 2.05) is 25.2 Å². The third kappa shape index (κ3) is 2.54. The predicted molar refractivity (Wildman–Crippen MR) is 87.0 cm³/mol. The summed E-state index contributed by atoms with van der Waals surface area (Å²) in [4.78, 5) is 27.6. The Bertz CT molecular complexity index is 746. The molecule has 1 aliphatic heterocycles. The van der Waals surface area contributed by atoms with Crippen LogP contribution in [-0.2, 0) is 17.6 Å². The molecule has 1 saturated heterocycles. The van der Waals surface area contributed by atoms with Crippen LogP contribution in [0.4, 0.5) is 5.82 Å². The second kappa shape index (κ2) is 5.61. The second-order valence-corrected chi connectivity index (χ2v) is 6.13. The highest BCUT2D eigenvalue weighted by Crippen LogP contribution is 2.30. The standard InChI is InChI=1S/C17H19N5O/c1-22-10-8-14(17(22)23)20-15-11-5-4-7-12(11)19-16(21-15)13-6-2-3-9-18-13/h2-3,6,9,14H,4-5,7-8,10H2,1H3,(H,19,20,21). The number of nitrogens with one attached hydrogen (secondary N) is 1. The van der Waals surface area contributed by atoms with Crippen molar-refractivity contribution in [3.8, 4) is 11.5 Å². The second-order valence-electron chi connectivity index (χ2n) is 6.13. The molecular weight excluding hydrogens is 290 g/mol. The molecular formula is C17H19N5O. The first-order chi connectivity index (χ1) is 11.2. The van der Waals surface area contributed by atoms with Gasteiger partial charge in [0.05, 0.1) is 0 Å². The van der Waals surface area contributed by atoms with E-state index in [2.05, 4.69) is 20.3 Å². The highest BCUT2D eigenvalue weighted by atomic mass is 16.2. The van der Waals surface area contributed by atoms with E-state index in [0.717, 1.165) is 55.0 Å². The van der Waals surface area contributed by atoms with Gasteiger partial charge in [-0.3, -0.25) is 9.78 Å². The van der Waals surface area contributed by atoms with Gasteiger partial charge in [0.2, 0.25) is 5.91 Å². The fourth-order valence-electron chi connectivity index (χ4n) is 3.28. The summed E-state index contributed by atoms with van der Waals surface area (Å²) in [7, 11) is 1.84. The zero-order valence-electron chi connectivity index (χ0n) is 13.1. The van der Waals surface area contributed by atoms with Gasteiger partial charge in [-0.25, -0.2) is 9.97 Å². The summed E-state index contributed by atoms with van der Waals surface area (Å²) in [5.74, 6) is 1.57. The number of nitrogens with zero attached hydrogens (tertiary/aromatic N) is 4. The number of carbonyl (C=O) groups excluding carboxylic acids is 1. The van der Waals surface area contributed by atoms with Gasteiger partial charge in [0, 0.05) is 31.0 Å². The van der Waals surface area contributed by atoms with Gasteiger partial charge in [0.15, 0.2) is 5.82 Å². The first kappa shape index (κ1) is 14.1. The highest BCUT2D eigenvalue weighted by Gasteiger charge is 2.31. The molecule has 6 nitrogen and oxygen atoms in total. The summed E-state index contributed by atoms with van der Waals surface area (Å²) in [5, 5.41) is 3.36. The minimum atomic E-state index is -0.184. The van der Waals surface area contributed by atoms with Gasteiger partial charge < -0.3 is 10.2 Å². The van der Waals surface area contributed by atoms with Crippen LogP contribution in [0.2, 0.25) is 0 Å². The van der Waals surface area contributed by atoms with Crippen LogP contribution in [0, 0.1) is 0 Å². The first-order valence-corrected chi connectivity index (χ1v) is 8.05. The van der Waals surface area contributed by atoms with Gasteiger partial charge in [0.1, 0.15) is 17.6 Å². The molecule has 23 heavy (non-hydrogen) atoms. The minimum absolute atomic E-state index is 0.134. The Morgan fingerprint density at radius 2 is 2.17 bits per heavy atom. The number of likely N-dealkylation sites (tertiary alicyclic amines) is 1. The third-order valence-electron chi connectivity index (χ3n) is 4.57. The van der Waals surface area contributed by atoms with Crippen molar-refractivity contribution < 1.29 is 4.79 Å². The van der Waals surface area contributed by atoms with Gasteiger partial charge in [-0.05, 0) is 37.8 Å². The van der Waals surface area contributed by atoms with Gasteiger partial charge in [-0.15, -0.1) is 0 Å². The van der Waals surface area contributed by atoms with E-state index < -0.39 is 0 Å². The number of rotatable bonds is 3. The van der Waals surface area contributed by atoms with Gasteiger partial charge in [0.25, 0.3) is 0 Å². The van der Waals surface area contributed by atoms with E-state index >= 15 is 0 Å². The minimum Gasteiger partial charge on any atom is -0.358 e. The molecule has 1 fully saturated rings. The van der Waals surface area contributed by atoms with Crippen molar-refractivity contribution in [2.75, 3.05) is 18.9 Å². The van der Waals surface area contributed by atoms with Crippen molar-refractivity contribution >= 4 is 11.7 Å². The Morgan fingerprint density at radius 1 is 1.26 bits per heavy atom. The molecule has 1 N–H and O–H groups in total. The smallest absolute Gasteiger partial charge is 0.244 e. The maximum atomic E-state index is 12.2. The molecule has 118 valence electrons. The zero-order valence-corrected chi connectivity index (χ0v) is 13.1. The first-order valence-electron chi connectivity index (χ1n) is 8.05. The lowest BCUT2D eigenvalue weighted by molar-refractivity contribution is -0.127. The molecule has 2 aliphatic rings. The summed E-state index contributed by atoms with van der Waals surface area (Å²) in [5.41, 5.74) is 3.01. The topological polar surface area (TPSA) is 71.0 Å². The lowest BCUT2D eigenvalue weighted by atomic mass is 10.2. The van der Waals surface area contributed by atoms with E-state index in [0.29, 0.717) is 5.82 Å². The Hall–Kier alpha value is -2.50. The van der Waals surface area contributed by atoms with E-state index in [4.69, 9.17) is 0 Å². The van der Waals surface area contributed by atoms with Gasteiger partial charge in [-0.2, -0.15) is 0 Å². The molecule has 0 radical (unpaired) electrons. The van der Waals surface area contributed by atoms with Crippen molar-refractivity contribution in [1.29, 1.82) is 0 Å². The number of carbonyl (C=O) groups is 1. The Morgan fingerprint density at radius 3 is 2.91 bits per heavy atom. The average molecular weight is 309 g/mol. The van der Waals surface area contributed by atoms with Crippen LogP contribution in [0.15, 0.2) is 24.4 Å². The average Bonchev–Trinajstić information content (AvgIpc) is 3.17. The lowest BCUT2D eigenvalue weighted by Gasteiger charge is -2.16. The lowest BCUT2D eigenvalue weighted by Crippen LogP contribution is -2.31.